The Kier molecular flexibility index (Phi) is 5.17. The van der Waals surface area contributed by atoms with Gasteiger partial charge in [0.15, 0.2) is 5.76 Å². The number of para-hydroxylation sites is 1. The summed E-state index contributed by atoms with van der Waals surface area (Å²) in [5.74, 6) is -1.24. The van der Waals surface area contributed by atoms with E-state index in [1.807, 2.05) is 12.1 Å². The maximum absolute atomic E-state index is 11.0. The second-order valence-electron chi connectivity index (χ2n) is 7.36. The molecule has 5 nitrogen and oxygen atoms in total. The lowest BCUT2D eigenvalue weighted by molar-refractivity contribution is -0.116. The molecule has 1 atom stereocenters. The molecule has 1 unspecified atom stereocenters. The molecule has 144 valence electrons. The molecule has 0 aliphatic carbocycles. The van der Waals surface area contributed by atoms with Crippen molar-refractivity contribution in [1.82, 2.24) is 9.88 Å². The predicted octanol–water partition coefficient (Wildman–Crippen LogP) is 3.93. The summed E-state index contributed by atoms with van der Waals surface area (Å²) in [6.45, 7) is 2.13. The quantitative estimate of drug-likeness (QED) is 0.451. The first-order valence-corrected chi connectivity index (χ1v) is 9.71. The first-order valence-electron chi connectivity index (χ1n) is 9.71. The van der Waals surface area contributed by atoms with Crippen LogP contribution in [0.2, 0.25) is 0 Å². The molecule has 0 radical (unpaired) electrons. The number of H-pyrrole nitrogens is 1. The van der Waals surface area contributed by atoms with Gasteiger partial charge in [-0.05, 0) is 54.6 Å². The number of amides is 1. The van der Waals surface area contributed by atoms with E-state index in [1.165, 1.54) is 34.5 Å². The number of aliphatic hydroxyl groups is 1. The Balaban J connectivity index is 1.45. The first kappa shape index (κ1) is 18.3. The molecule has 0 spiro atoms. The minimum Gasteiger partial charge on any atom is -0.503 e. The van der Waals surface area contributed by atoms with Crippen molar-refractivity contribution >= 4 is 22.9 Å². The maximum atomic E-state index is 11.0. The average molecular weight is 375 g/mol. The van der Waals surface area contributed by atoms with Crippen LogP contribution in [0.15, 0.2) is 60.5 Å². The van der Waals surface area contributed by atoms with Crippen LogP contribution in [0, 0.1) is 0 Å². The van der Waals surface area contributed by atoms with Crippen LogP contribution in [0.5, 0.6) is 0 Å². The van der Waals surface area contributed by atoms with Crippen LogP contribution in [-0.2, 0) is 11.2 Å². The fourth-order valence-corrected chi connectivity index (χ4v) is 4.12. The number of aliphatic hydroxyl groups excluding tert-OH is 1. The Morgan fingerprint density at radius 1 is 1.21 bits per heavy atom. The van der Waals surface area contributed by atoms with Gasteiger partial charge in [-0.25, -0.2) is 0 Å². The largest absolute Gasteiger partial charge is 0.503 e. The molecule has 2 aromatic carbocycles. The number of primary amides is 1. The van der Waals surface area contributed by atoms with E-state index < -0.39 is 11.7 Å². The van der Waals surface area contributed by atoms with Crippen LogP contribution < -0.4 is 5.73 Å². The van der Waals surface area contributed by atoms with Gasteiger partial charge in [0.25, 0.3) is 5.91 Å². The summed E-state index contributed by atoms with van der Waals surface area (Å²) in [6.07, 6.45) is 6.89. The Labute approximate surface area is 164 Å². The smallest absolute Gasteiger partial charge is 0.283 e. The molecule has 1 aliphatic rings. The van der Waals surface area contributed by atoms with Crippen LogP contribution in [0.25, 0.3) is 17.0 Å². The molecule has 1 aliphatic heterocycles. The van der Waals surface area contributed by atoms with E-state index in [9.17, 15) is 9.90 Å². The molecule has 0 bridgehead atoms. The summed E-state index contributed by atoms with van der Waals surface area (Å²) in [5.41, 5.74) is 9.67. The number of fused-ring (bicyclic) bond motifs is 1. The van der Waals surface area contributed by atoms with E-state index >= 15 is 0 Å². The minimum absolute atomic E-state index is 0.410. The number of aromatic amines is 1. The fourth-order valence-electron chi connectivity index (χ4n) is 4.12. The van der Waals surface area contributed by atoms with Gasteiger partial charge in [-0.1, -0.05) is 42.5 Å². The van der Waals surface area contributed by atoms with Gasteiger partial charge in [0.2, 0.25) is 0 Å². The van der Waals surface area contributed by atoms with Crippen molar-refractivity contribution in [2.24, 2.45) is 5.73 Å². The zero-order chi connectivity index (χ0) is 19.5. The number of hydrogen-bond acceptors (Lipinski definition) is 3. The van der Waals surface area contributed by atoms with E-state index in [1.54, 1.807) is 0 Å². The van der Waals surface area contributed by atoms with Crippen molar-refractivity contribution in [2.45, 2.75) is 25.3 Å². The van der Waals surface area contributed by atoms with E-state index in [-0.39, 0.29) is 0 Å². The number of carbonyl (C=O) groups excluding carboxylic acids is 1. The lowest BCUT2D eigenvalue weighted by Crippen LogP contribution is -2.25. The molecule has 1 saturated heterocycles. The lowest BCUT2D eigenvalue weighted by Gasteiger charge is -2.25. The van der Waals surface area contributed by atoms with Crippen molar-refractivity contribution in [1.29, 1.82) is 0 Å². The molecule has 5 heteroatoms. The summed E-state index contributed by atoms with van der Waals surface area (Å²) in [7, 11) is 0. The van der Waals surface area contributed by atoms with E-state index in [4.69, 9.17) is 5.73 Å². The highest BCUT2D eigenvalue weighted by molar-refractivity contribution is 5.93. The summed E-state index contributed by atoms with van der Waals surface area (Å²) in [4.78, 5) is 16.9. The second-order valence-corrected chi connectivity index (χ2v) is 7.36. The van der Waals surface area contributed by atoms with Gasteiger partial charge in [-0.15, -0.1) is 0 Å². The van der Waals surface area contributed by atoms with Crippen LogP contribution in [-0.4, -0.2) is 34.0 Å². The highest BCUT2D eigenvalue weighted by Gasteiger charge is 2.25. The lowest BCUT2D eigenvalue weighted by atomic mass is 10.0. The van der Waals surface area contributed by atoms with Gasteiger partial charge in [0.05, 0.1) is 0 Å². The van der Waals surface area contributed by atoms with Crippen LogP contribution in [0.4, 0.5) is 0 Å². The number of hydrogen-bond donors (Lipinski definition) is 3. The number of carbonyl (C=O) groups is 1. The number of benzene rings is 2. The third kappa shape index (κ3) is 3.80. The molecule has 2 heterocycles. The molecule has 1 amide bonds. The standard InChI is InChI=1S/C23H25N3O2/c24-23(28)22(27)14-16-7-9-17(10-8-16)21-6-3-12-26(21)13-11-18-15-25-20-5-2-1-4-19(18)20/h1-2,4-5,7-10,14-15,21,25,27H,3,6,11-13H2,(H2,24,28). The summed E-state index contributed by atoms with van der Waals surface area (Å²) >= 11 is 0. The Hall–Kier alpha value is -3.05. The molecule has 1 fully saturated rings. The van der Waals surface area contributed by atoms with E-state index in [0.717, 1.165) is 31.5 Å². The number of aromatic nitrogens is 1. The monoisotopic (exact) mass is 375 g/mol. The van der Waals surface area contributed by atoms with Crippen LogP contribution in [0.1, 0.15) is 35.6 Å². The summed E-state index contributed by atoms with van der Waals surface area (Å²) in [5, 5.41) is 10.8. The highest BCUT2D eigenvalue weighted by atomic mass is 16.3. The number of nitrogens with one attached hydrogen (secondary N) is 1. The predicted molar refractivity (Wildman–Crippen MR) is 112 cm³/mol. The molecular weight excluding hydrogens is 350 g/mol. The number of nitrogens with two attached hydrogens (primary N) is 1. The maximum Gasteiger partial charge on any atom is 0.283 e. The third-order valence-corrected chi connectivity index (χ3v) is 5.58. The number of rotatable bonds is 6. The van der Waals surface area contributed by atoms with E-state index in [2.05, 4.69) is 52.5 Å². The topological polar surface area (TPSA) is 82.3 Å². The SMILES string of the molecule is NC(=O)C(O)=Cc1ccc(C2CCCN2CCc2c[nH]c3ccccc23)cc1. The normalized spacial score (nSPS) is 18.0. The number of likely N-dealkylation sites (tertiary alicyclic amines) is 1. The third-order valence-electron chi connectivity index (χ3n) is 5.58. The van der Waals surface area contributed by atoms with Crippen LogP contribution >= 0.6 is 0 Å². The first-order chi connectivity index (χ1) is 13.6. The summed E-state index contributed by atoms with van der Waals surface area (Å²) in [6, 6.07) is 16.8. The molecule has 4 rings (SSSR count). The molecule has 28 heavy (non-hydrogen) atoms. The number of nitrogens with zero attached hydrogens (tertiary/aromatic N) is 1. The zero-order valence-corrected chi connectivity index (χ0v) is 15.8. The Morgan fingerprint density at radius 3 is 2.79 bits per heavy atom. The van der Waals surface area contributed by atoms with Gasteiger partial charge >= 0.3 is 0 Å². The van der Waals surface area contributed by atoms with Gasteiger partial charge < -0.3 is 15.8 Å². The highest BCUT2D eigenvalue weighted by Crippen LogP contribution is 2.32. The second kappa shape index (κ2) is 7.90. The summed E-state index contributed by atoms with van der Waals surface area (Å²) < 4.78 is 0. The minimum atomic E-state index is -0.816. The Morgan fingerprint density at radius 2 is 2.00 bits per heavy atom. The molecule has 4 N–H and O–H groups in total. The van der Waals surface area contributed by atoms with Crippen LogP contribution in [0.3, 0.4) is 0 Å². The van der Waals surface area contributed by atoms with Crippen molar-refractivity contribution < 1.29 is 9.90 Å². The van der Waals surface area contributed by atoms with Gasteiger partial charge in [0.1, 0.15) is 0 Å². The average Bonchev–Trinajstić information content (AvgIpc) is 3.33. The fraction of sp³-hybridized carbons (Fsp3) is 0.261. The molecule has 0 saturated carbocycles. The van der Waals surface area contributed by atoms with Crippen molar-refractivity contribution in [2.75, 3.05) is 13.1 Å². The van der Waals surface area contributed by atoms with Gasteiger partial charge in [0, 0.05) is 29.7 Å². The van der Waals surface area contributed by atoms with Crippen molar-refractivity contribution in [3.8, 4) is 0 Å². The van der Waals surface area contributed by atoms with Gasteiger partial charge in [-0.3, -0.25) is 9.69 Å². The zero-order valence-electron chi connectivity index (χ0n) is 15.8. The van der Waals surface area contributed by atoms with Gasteiger partial charge in [-0.2, -0.15) is 0 Å². The molecular formula is C23H25N3O2. The van der Waals surface area contributed by atoms with E-state index in [0.29, 0.717) is 6.04 Å². The Bertz CT molecular complexity index is 1000. The molecule has 3 aromatic rings. The van der Waals surface area contributed by atoms with Crippen molar-refractivity contribution in [3.63, 3.8) is 0 Å². The van der Waals surface area contributed by atoms with Crippen molar-refractivity contribution in [3.05, 3.63) is 77.2 Å². The molecule has 1 aromatic heterocycles.